The Morgan fingerprint density at radius 3 is 2.20 bits per heavy atom. The Bertz CT molecular complexity index is 1950. The second-order valence-electron chi connectivity index (χ2n) is 12.3. The number of piperidine rings is 1. The van der Waals surface area contributed by atoms with E-state index in [1.807, 2.05) is 0 Å². The Morgan fingerprint density at radius 1 is 0.939 bits per heavy atom. The molecule has 1 aliphatic rings. The van der Waals surface area contributed by atoms with E-state index in [0.717, 1.165) is 26.8 Å². The number of aromatic nitrogens is 2. The minimum absolute atomic E-state index is 0.0741. The van der Waals surface area contributed by atoms with Crippen molar-refractivity contribution in [1.82, 2.24) is 18.9 Å². The van der Waals surface area contributed by atoms with Crippen LogP contribution in [-0.4, -0.2) is 58.1 Å². The SMILES string of the molecule is CC(=O)N1CCC(Oc2cccc(-c3c(C)n(Cc4c(F)cccc4C(F)(F)F)c(=O)n(C[C@@H](c4ccccc4)N(C)C)c3=O)c2F)CC1. The van der Waals surface area contributed by atoms with Crippen LogP contribution in [0.2, 0.25) is 0 Å². The van der Waals surface area contributed by atoms with Crippen LogP contribution in [0.15, 0.2) is 76.3 Å². The first-order valence-electron chi connectivity index (χ1n) is 15.8. The summed E-state index contributed by atoms with van der Waals surface area (Å²) in [6.45, 7) is 2.54. The molecule has 3 aromatic carbocycles. The number of likely N-dealkylation sites (tertiary alicyclic amines) is 1. The number of rotatable bonds is 9. The Kier molecular flexibility index (Phi) is 10.4. The minimum atomic E-state index is -4.94. The van der Waals surface area contributed by atoms with E-state index in [0.29, 0.717) is 32.0 Å². The van der Waals surface area contributed by atoms with Gasteiger partial charge in [0, 0.05) is 49.7 Å². The zero-order valence-corrected chi connectivity index (χ0v) is 27.6. The fourth-order valence-corrected chi connectivity index (χ4v) is 6.28. The molecule has 13 heteroatoms. The topological polar surface area (TPSA) is 76.8 Å². The van der Waals surface area contributed by atoms with Crippen LogP contribution in [0.1, 0.15) is 48.2 Å². The van der Waals surface area contributed by atoms with Crippen LogP contribution < -0.4 is 16.0 Å². The number of ether oxygens (including phenoxy) is 1. The molecule has 49 heavy (non-hydrogen) atoms. The van der Waals surface area contributed by atoms with Crippen molar-refractivity contribution in [2.75, 3.05) is 27.2 Å². The molecular weight excluding hydrogens is 647 g/mol. The van der Waals surface area contributed by atoms with Gasteiger partial charge in [-0.15, -0.1) is 0 Å². The second kappa shape index (κ2) is 14.4. The zero-order chi connectivity index (χ0) is 35.6. The Balaban J connectivity index is 1.67. The predicted octanol–water partition coefficient (Wildman–Crippen LogP) is 6.02. The van der Waals surface area contributed by atoms with E-state index in [1.165, 1.54) is 32.0 Å². The van der Waals surface area contributed by atoms with Gasteiger partial charge < -0.3 is 14.5 Å². The summed E-state index contributed by atoms with van der Waals surface area (Å²) in [4.78, 5) is 43.6. The number of hydrogen-bond donors (Lipinski definition) is 0. The summed E-state index contributed by atoms with van der Waals surface area (Å²) in [6.07, 6.45) is -4.44. The van der Waals surface area contributed by atoms with Gasteiger partial charge in [-0.25, -0.2) is 13.6 Å². The molecule has 5 rings (SSSR count). The summed E-state index contributed by atoms with van der Waals surface area (Å²) in [5.41, 5.74) is -3.80. The third-order valence-electron chi connectivity index (χ3n) is 9.00. The Hall–Kier alpha value is -4.78. The van der Waals surface area contributed by atoms with Crippen molar-refractivity contribution in [1.29, 1.82) is 0 Å². The van der Waals surface area contributed by atoms with Crippen molar-refractivity contribution in [3.63, 3.8) is 0 Å². The Morgan fingerprint density at radius 2 is 1.59 bits per heavy atom. The first kappa shape index (κ1) is 35.5. The van der Waals surface area contributed by atoms with Gasteiger partial charge in [-0.1, -0.05) is 48.5 Å². The van der Waals surface area contributed by atoms with Crippen LogP contribution in [0, 0.1) is 18.6 Å². The minimum Gasteiger partial charge on any atom is -0.487 e. The lowest BCUT2D eigenvalue weighted by Gasteiger charge is -2.31. The van der Waals surface area contributed by atoms with Gasteiger partial charge in [0.05, 0.1) is 30.3 Å². The molecule has 0 bridgehead atoms. The molecule has 1 atom stereocenters. The summed E-state index contributed by atoms with van der Waals surface area (Å²) < 4.78 is 81.2. The average molecular weight is 685 g/mol. The highest BCUT2D eigenvalue weighted by atomic mass is 19.4. The number of carbonyl (C=O) groups is 1. The third-order valence-corrected chi connectivity index (χ3v) is 9.00. The molecule has 0 spiro atoms. The number of nitrogens with zero attached hydrogens (tertiary/aromatic N) is 4. The summed E-state index contributed by atoms with van der Waals surface area (Å²) in [5.74, 6) is -2.32. The van der Waals surface area contributed by atoms with E-state index in [9.17, 15) is 27.6 Å². The van der Waals surface area contributed by atoms with Gasteiger partial charge in [-0.05, 0) is 44.8 Å². The molecule has 1 saturated heterocycles. The number of amides is 1. The molecule has 1 fully saturated rings. The monoisotopic (exact) mass is 684 g/mol. The van der Waals surface area contributed by atoms with Crippen molar-refractivity contribution in [2.24, 2.45) is 0 Å². The Labute approximate surface area is 280 Å². The molecule has 0 N–H and O–H groups in total. The van der Waals surface area contributed by atoms with Crippen molar-refractivity contribution >= 4 is 5.91 Å². The molecule has 260 valence electrons. The van der Waals surface area contributed by atoms with Crippen molar-refractivity contribution < 1.29 is 31.5 Å². The quantitative estimate of drug-likeness (QED) is 0.202. The predicted molar refractivity (Wildman–Crippen MR) is 174 cm³/mol. The number of likely N-dealkylation sites (N-methyl/N-ethyl adjacent to an activating group) is 1. The van der Waals surface area contributed by atoms with Gasteiger partial charge in [-0.3, -0.25) is 18.7 Å². The van der Waals surface area contributed by atoms with Crippen LogP contribution in [0.25, 0.3) is 11.1 Å². The molecule has 0 saturated carbocycles. The van der Waals surface area contributed by atoms with Gasteiger partial charge in [0.1, 0.15) is 11.9 Å². The molecule has 4 aromatic rings. The van der Waals surface area contributed by atoms with Crippen molar-refractivity contribution in [2.45, 2.75) is 58.1 Å². The van der Waals surface area contributed by atoms with E-state index < -0.39 is 58.9 Å². The highest BCUT2D eigenvalue weighted by Gasteiger charge is 2.35. The maximum absolute atomic E-state index is 16.4. The smallest absolute Gasteiger partial charge is 0.416 e. The first-order chi connectivity index (χ1) is 23.2. The van der Waals surface area contributed by atoms with E-state index in [4.69, 9.17) is 4.74 Å². The number of benzene rings is 3. The van der Waals surface area contributed by atoms with Gasteiger partial charge in [-0.2, -0.15) is 13.2 Å². The number of alkyl halides is 3. The molecule has 0 aliphatic carbocycles. The highest BCUT2D eigenvalue weighted by molar-refractivity contribution is 5.73. The lowest BCUT2D eigenvalue weighted by Crippen LogP contribution is -2.45. The molecule has 1 aromatic heterocycles. The largest absolute Gasteiger partial charge is 0.487 e. The zero-order valence-electron chi connectivity index (χ0n) is 27.6. The maximum atomic E-state index is 16.4. The van der Waals surface area contributed by atoms with Crippen LogP contribution >= 0.6 is 0 Å². The summed E-state index contributed by atoms with van der Waals surface area (Å²) in [6, 6.07) is 15.1. The normalized spacial score (nSPS) is 14.7. The molecule has 0 unspecified atom stereocenters. The fourth-order valence-electron chi connectivity index (χ4n) is 6.28. The lowest BCUT2D eigenvalue weighted by atomic mass is 10.0. The summed E-state index contributed by atoms with van der Waals surface area (Å²) in [5, 5.41) is 0. The number of halogens is 5. The molecular formula is C36H37F5N4O4. The third kappa shape index (κ3) is 7.46. The van der Waals surface area contributed by atoms with Gasteiger partial charge in [0.15, 0.2) is 11.6 Å². The van der Waals surface area contributed by atoms with Crippen LogP contribution in [0.5, 0.6) is 5.75 Å². The summed E-state index contributed by atoms with van der Waals surface area (Å²) in [7, 11) is 3.49. The number of carbonyl (C=O) groups excluding carboxylic acids is 1. The van der Waals surface area contributed by atoms with Gasteiger partial charge in [0.25, 0.3) is 5.56 Å². The number of hydrogen-bond acceptors (Lipinski definition) is 5. The second-order valence-corrected chi connectivity index (χ2v) is 12.3. The molecule has 2 heterocycles. The molecule has 0 radical (unpaired) electrons. The highest BCUT2D eigenvalue weighted by Crippen LogP contribution is 2.35. The maximum Gasteiger partial charge on any atom is 0.416 e. The van der Waals surface area contributed by atoms with E-state index >= 15 is 8.78 Å². The van der Waals surface area contributed by atoms with E-state index in [2.05, 4.69) is 0 Å². The molecule has 1 aliphatic heterocycles. The van der Waals surface area contributed by atoms with Gasteiger partial charge >= 0.3 is 11.9 Å². The van der Waals surface area contributed by atoms with E-state index in [-0.39, 0.29) is 35.0 Å². The standard InChI is InChI=1S/C36H37F5N4O4/c1-22-32(26-12-8-15-31(33(26)38)49-25-16-18-43(19-17-25)23(2)46)34(47)45(21-30(42(3)4)24-10-6-5-7-11-24)35(48)44(22)20-27-28(36(39,40)41)13-9-14-29(27)37/h5-15,25,30H,16-21H2,1-4H3/t30-/m0/s1. The fraction of sp³-hybridized carbons (Fsp3) is 0.361. The van der Waals surface area contributed by atoms with E-state index in [1.54, 1.807) is 54.2 Å². The average Bonchev–Trinajstić information content (AvgIpc) is 3.05. The van der Waals surface area contributed by atoms with Crippen LogP contribution in [0.3, 0.4) is 0 Å². The van der Waals surface area contributed by atoms with Gasteiger partial charge in [0.2, 0.25) is 5.91 Å². The van der Waals surface area contributed by atoms with Crippen molar-refractivity contribution in [3.8, 4) is 16.9 Å². The lowest BCUT2D eigenvalue weighted by molar-refractivity contribution is -0.138. The summed E-state index contributed by atoms with van der Waals surface area (Å²) >= 11 is 0. The van der Waals surface area contributed by atoms with Crippen molar-refractivity contribution in [3.05, 3.63) is 122 Å². The first-order valence-corrected chi connectivity index (χ1v) is 15.8. The van der Waals surface area contributed by atoms with Crippen LogP contribution in [0.4, 0.5) is 22.0 Å². The molecule has 1 amide bonds. The molecule has 8 nitrogen and oxygen atoms in total. The van der Waals surface area contributed by atoms with Crippen LogP contribution in [-0.2, 0) is 24.1 Å².